The molecule has 0 aliphatic heterocycles. The second kappa shape index (κ2) is 8.64. The lowest BCUT2D eigenvalue weighted by Gasteiger charge is -2.15. The maximum Gasteiger partial charge on any atom is 0.224 e. The first-order valence-corrected chi connectivity index (χ1v) is 5.30. The van der Waals surface area contributed by atoms with Gasteiger partial charge in [-0.3, -0.25) is 4.79 Å². The first-order valence-electron chi connectivity index (χ1n) is 5.30. The minimum absolute atomic E-state index is 0.0884. The van der Waals surface area contributed by atoms with Crippen molar-refractivity contribution in [2.45, 2.75) is 25.9 Å². The van der Waals surface area contributed by atoms with Crippen molar-refractivity contribution in [3.8, 4) is 0 Å². The number of hydrogen-bond donors (Lipinski definition) is 3. The van der Waals surface area contributed by atoms with E-state index < -0.39 is 6.10 Å². The first-order chi connectivity index (χ1) is 7.15. The Balaban J connectivity index is 3.79. The number of nitrogens with two attached hydrogens (primary N) is 1. The highest BCUT2D eigenvalue weighted by atomic mass is 16.5. The van der Waals surface area contributed by atoms with E-state index >= 15 is 0 Å². The number of amides is 1. The minimum Gasteiger partial charge on any atom is -0.389 e. The molecule has 0 fully saturated rings. The molecule has 2 atom stereocenters. The van der Waals surface area contributed by atoms with E-state index in [1.165, 1.54) is 7.11 Å². The summed E-state index contributed by atoms with van der Waals surface area (Å²) in [6.45, 7) is 2.80. The van der Waals surface area contributed by atoms with Crippen LogP contribution in [0.2, 0.25) is 0 Å². The monoisotopic (exact) mass is 218 g/mol. The Kier molecular flexibility index (Phi) is 8.27. The normalized spacial score (nSPS) is 14.7. The zero-order valence-corrected chi connectivity index (χ0v) is 9.53. The van der Waals surface area contributed by atoms with Crippen LogP contribution in [0.1, 0.15) is 19.8 Å². The van der Waals surface area contributed by atoms with E-state index in [0.717, 1.165) is 12.8 Å². The number of carbonyl (C=O) groups excluding carboxylic acids is 1. The summed E-state index contributed by atoms with van der Waals surface area (Å²) < 4.78 is 4.74. The van der Waals surface area contributed by atoms with Gasteiger partial charge in [0.25, 0.3) is 0 Å². The Morgan fingerprint density at radius 3 is 2.73 bits per heavy atom. The molecule has 0 saturated carbocycles. The molecule has 4 N–H and O–H groups in total. The molecule has 0 aliphatic carbocycles. The molecule has 90 valence electrons. The van der Waals surface area contributed by atoms with E-state index in [2.05, 4.69) is 5.32 Å². The van der Waals surface area contributed by atoms with Crippen molar-refractivity contribution >= 4 is 5.91 Å². The maximum atomic E-state index is 11.5. The first kappa shape index (κ1) is 14.3. The van der Waals surface area contributed by atoms with Crippen molar-refractivity contribution in [1.82, 2.24) is 5.32 Å². The summed E-state index contributed by atoms with van der Waals surface area (Å²) >= 11 is 0. The van der Waals surface area contributed by atoms with E-state index in [9.17, 15) is 9.90 Å². The van der Waals surface area contributed by atoms with Gasteiger partial charge < -0.3 is 20.9 Å². The Labute approximate surface area is 91.0 Å². The summed E-state index contributed by atoms with van der Waals surface area (Å²) in [6.07, 6.45) is 1.05. The summed E-state index contributed by atoms with van der Waals surface area (Å²) in [5, 5.41) is 12.0. The average Bonchev–Trinajstić information content (AvgIpc) is 2.23. The zero-order valence-electron chi connectivity index (χ0n) is 9.53. The number of carbonyl (C=O) groups is 1. The lowest BCUT2D eigenvalue weighted by Crippen LogP contribution is -2.40. The zero-order chi connectivity index (χ0) is 11.7. The molecule has 0 heterocycles. The van der Waals surface area contributed by atoms with Gasteiger partial charge in [0.2, 0.25) is 5.91 Å². The van der Waals surface area contributed by atoms with Crippen LogP contribution in [0.5, 0.6) is 0 Å². The lowest BCUT2D eigenvalue weighted by atomic mass is 10.0. The highest BCUT2D eigenvalue weighted by Gasteiger charge is 2.16. The largest absolute Gasteiger partial charge is 0.389 e. The van der Waals surface area contributed by atoms with Crippen LogP contribution in [0.4, 0.5) is 0 Å². The van der Waals surface area contributed by atoms with Gasteiger partial charge >= 0.3 is 0 Å². The molecule has 0 spiro atoms. The fraction of sp³-hybridized carbons (Fsp3) is 0.900. The molecular formula is C10H22N2O3. The van der Waals surface area contributed by atoms with E-state index in [1.807, 2.05) is 6.92 Å². The number of aliphatic hydroxyl groups excluding tert-OH is 1. The lowest BCUT2D eigenvalue weighted by molar-refractivity contribution is -0.125. The molecule has 0 aromatic heterocycles. The maximum absolute atomic E-state index is 11.5. The summed E-state index contributed by atoms with van der Waals surface area (Å²) in [5.74, 6) is -0.237. The number of ether oxygens (including phenoxy) is 1. The van der Waals surface area contributed by atoms with Gasteiger partial charge in [-0.05, 0) is 6.42 Å². The minimum atomic E-state index is -0.654. The number of hydrogen-bond acceptors (Lipinski definition) is 4. The fourth-order valence-electron chi connectivity index (χ4n) is 1.32. The Bertz CT molecular complexity index is 176. The Morgan fingerprint density at radius 2 is 2.27 bits per heavy atom. The molecule has 5 nitrogen and oxygen atoms in total. The Hall–Kier alpha value is -0.650. The molecule has 15 heavy (non-hydrogen) atoms. The van der Waals surface area contributed by atoms with Crippen LogP contribution >= 0.6 is 0 Å². The van der Waals surface area contributed by atoms with E-state index in [1.54, 1.807) is 0 Å². The number of nitrogens with one attached hydrogen (secondary N) is 1. The third-order valence-electron chi connectivity index (χ3n) is 2.16. The molecule has 0 aromatic rings. The van der Waals surface area contributed by atoms with Crippen molar-refractivity contribution in [2.24, 2.45) is 11.7 Å². The number of methoxy groups -OCH3 is 1. The molecule has 0 rings (SSSR count). The third kappa shape index (κ3) is 6.43. The highest BCUT2D eigenvalue weighted by Crippen LogP contribution is 2.04. The van der Waals surface area contributed by atoms with Gasteiger partial charge in [0.15, 0.2) is 0 Å². The molecule has 0 bridgehead atoms. The SMILES string of the molecule is CCCC(CN)C(=O)NCC(O)COC. The van der Waals surface area contributed by atoms with Crippen molar-refractivity contribution in [3.05, 3.63) is 0 Å². The van der Waals surface area contributed by atoms with Crippen LogP contribution in [0.25, 0.3) is 0 Å². The molecular weight excluding hydrogens is 196 g/mol. The highest BCUT2D eigenvalue weighted by molar-refractivity contribution is 5.78. The molecule has 0 aliphatic rings. The van der Waals surface area contributed by atoms with E-state index in [0.29, 0.717) is 6.54 Å². The third-order valence-corrected chi connectivity index (χ3v) is 2.16. The Morgan fingerprint density at radius 1 is 1.60 bits per heavy atom. The topological polar surface area (TPSA) is 84.6 Å². The van der Waals surface area contributed by atoms with Crippen LogP contribution in [-0.2, 0) is 9.53 Å². The molecule has 0 radical (unpaired) electrons. The standard InChI is InChI=1S/C10H22N2O3/c1-3-4-8(5-11)10(14)12-6-9(13)7-15-2/h8-9,13H,3-7,11H2,1-2H3,(H,12,14). The van der Waals surface area contributed by atoms with Crippen molar-refractivity contribution in [2.75, 3.05) is 26.8 Å². The van der Waals surface area contributed by atoms with Gasteiger partial charge in [-0.2, -0.15) is 0 Å². The van der Waals surface area contributed by atoms with Gasteiger partial charge in [-0.1, -0.05) is 13.3 Å². The molecule has 1 amide bonds. The molecule has 0 aromatic carbocycles. The molecule has 2 unspecified atom stereocenters. The fourth-order valence-corrected chi connectivity index (χ4v) is 1.32. The summed E-state index contributed by atoms with van der Waals surface area (Å²) in [6, 6.07) is 0. The molecule has 0 saturated heterocycles. The second-order valence-electron chi connectivity index (χ2n) is 3.58. The van der Waals surface area contributed by atoms with Gasteiger partial charge in [-0.15, -0.1) is 0 Å². The number of aliphatic hydroxyl groups is 1. The van der Waals surface area contributed by atoms with E-state index in [-0.39, 0.29) is 25.0 Å². The second-order valence-corrected chi connectivity index (χ2v) is 3.58. The van der Waals surface area contributed by atoms with Crippen molar-refractivity contribution in [1.29, 1.82) is 0 Å². The average molecular weight is 218 g/mol. The summed E-state index contributed by atoms with van der Waals surface area (Å²) in [5.41, 5.74) is 5.48. The van der Waals surface area contributed by atoms with Crippen molar-refractivity contribution < 1.29 is 14.6 Å². The predicted octanol–water partition coefficient (Wildman–Crippen LogP) is -0.515. The van der Waals surface area contributed by atoms with Crippen LogP contribution < -0.4 is 11.1 Å². The van der Waals surface area contributed by atoms with Crippen LogP contribution in [0, 0.1) is 5.92 Å². The summed E-state index contributed by atoms with van der Waals surface area (Å²) in [7, 11) is 1.50. The van der Waals surface area contributed by atoms with Crippen LogP contribution in [0.15, 0.2) is 0 Å². The predicted molar refractivity (Wildman–Crippen MR) is 58.3 cm³/mol. The van der Waals surface area contributed by atoms with Crippen LogP contribution in [-0.4, -0.2) is 43.9 Å². The van der Waals surface area contributed by atoms with Gasteiger partial charge in [0.05, 0.1) is 18.6 Å². The van der Waals surface area contributed by atoms with Gasteiger partial charge in [0, 0.05) is 20.2 Å². The van der Waals surface area contributed by atoms with E-state index in [4.69, 9.17) is 10.5 Å². The van der Waals surface area contributed by atoms with Gasteiger partial charge in [0.1, 0.15) is 0 Å². The number of rotatable bonds is 8. The van der Waals surface area contributed by atoms with Crippen molar-refractivity contribution in [3.63, 3.8) is 0 Å². The smallest absolute Gasteiger partial charge is 0.224 e. The van der Waals surface area contributed by atoms with Gasteiger partial charge in [-0.25, -0.2) is 0 Å². The molecule has 5 heteroatoms. The quantitative estimate of drug-likeness (QED) is 0.512. The van der Waals surface area contributed by atoms with Crippen LogP contribution in [0.3, 0.4) is 0 Å². The summed E-state index contributed by atoms with van der Waals surface area (Å²) in [4.78, 5) is 11.5.